The van der Waals surface area contributed by atoms with Gasteiger partial charge in [-0.2, -0.15) is 0 Å². The van der Waals surface area contributed by atoms with Crippen molar-refractivity contribution in [2.24, 2.45) is 0 Å². The summed E-state index contributed by atoms with van der Waals surface area (Å²) in [4.78, 5) is 0. The summed E-state index contributed by atoms with van der Waals surface area (Å²) in [5.41, 5.74) is 11.4. The molecule has 0 saturated heterocycles. The monoisotopic (exact) mass is 796 g/mol. The molecule has 0 aliphatic carbocycles. The Balaban J connectivity index is 0.992. The van der Waals surface area contributed by atoms with Gasteiger partial charge in [-0.25, -0.2) is 0 Å². The van der Waals surface area contributed by atoms with Crippen LogP contribution < -0.4 is 0 Å². The third-order valence-corrected chi connectivity index (χ3v) is 13.8. The molecule has 0 atom stereocenters. The molecule has 0 N–H and O–H groups in total. The van der Waals surface area contributed by atoms with Crippen molar-refractivity contribution in [2.75, 3.05) is 0 Å². The van der Waals surface area contributed by atoms with Gasteiger partial charge in [0.25, 0.3) is 0 Å². The van der Waals surface area contributed by atoms with Crippen LogP contribution in [0, 0.1) is 0 Å². The lowest BCUT2D eigenvalue weighted by molar-refractivity contribution is 0.674. The topological polar surface area (TPSA) is 13.1 Å². The SMILES string of the molecule is c1ccc(-c2ccc3ccc4c(-c5ccc(-c6cc(-c7c8ccccc8cc8c7ccc7ccccc78)c7oc8c9ccccc9ccc8c7c6)cc5)ccc5ccc2c3c54)cc1. The molecule has 290 valence electrons. The normalized spacial score (nSPS) is 12.1. The fourth-order valence-electron chi connectivity index (χ4n) is 10.8. The Morgan fingerprint density at radius 2 is 0.746 bits per heavy atom. The molecule has 0 fully saturated rings. The van der Waals surface area contributed by atoms with Crippen molar-refractivity contribution in [3.8, 4) is 44.5 Å². The lowest BCUT2D eigenvalue weighted by atomic mass is 9.86. The molecule has 0 radical (unpaired) electrons. The molecule has 13 aromatic carbocycles. The van der Waals surface area contributed by atoms with E-state index in [-0.39, 0.29) is 0 Å². The zero-order valence-corrected chi connectivity index (χ0v) is 34.2. The molecular formula is C62H36O. The van der Waals surface area contributed by atoms with E-state index < -0.39 is 0 Å². The lowest BCUT2D eigenvalue weighted by Crippen LogP contribution is -1.90. The molecule has 0 unspecified atom stereocenters. The van der Waals surface area contributed by atoms with Gasteiger partial charge in [0.1, 0.15) is 11.2 Å². The van der Waals surface area contributed by atoms with Gasteiger partial charge in [-0.1, -0.05) is 194 Å². The summed E-state index contributed by atoms with van der Waals surface area (Å²) in [5.74, 6) is 0. The summed E-state index contributed by atoms with van der Waals surface area (Å²) in [6.07, 6.45) is 0. The maximum atomic E-state index is 7.13. The van der Waals surface area contributed by atoms with Gasteiger partial charge >= 0.3 is 0 Å². The Labute approximate surface area is 363 Å². The molecular weight excluding hydrogens is 761 g/mol. The van der Waals surface area contributed by atoms with Crippen LogP contribution in [0.1, 0.15) is 0 Å². The smallest absolute Gasteiger partial charge is 0.143 e. The molecule has 1 heteroatoms. The Hall–Kier alpha value is -8.26. The van der Waals surface area contributed by atoms with Gasteiger partial charge < -0.3 is 4.42 Å². The van der Waals surface area contributed by atoms with Crippen LogP contribution >= 0.6 is 0 Å². The van der Waals surface area contributed by atoms with Gasteiger partial charge in [0.15, 0.2) is 0 Å². The van der Waals surface area contributed by atoms with Crippen LogP contribution in [0.15, 0.2) is 223 Å². The van der Waals surface area contributed by atoms with Crippen molar-refractivity contribution in [3.63, 3.8) is 0 Å². The molecule has 1 heterocycles. The Morgan fingerprint density at radius 3 is 1.46 bits per heavy atom. The van der Waals surface area contributed by atoms with E-state index in [1.54, 1.807) is 0 Å². The summed E-state index contributed by atoms with van der Waals surface area (Å²) >= 11 is 0. The van der Waals surface area contributed by atoms with E-state index in [0.29, 0.717) is 0 Å². The maximum Gasteiger partial charge on any atom is 0.143 e. The summed E-state index contributed by atoms with van der Waals surface area (Å²) in [7, 11) is 0. The minimum Gasteiger partial charge on any atom is -0.455 e. The second-order valence-electron chi connectivity index (χ2n) is 17.1. The molecule has 1 aromatic heterocycles. The van der Waals surface area contributed by atoms with Crippen LogP contribution in [0.3, 0.4) is 0 Å². The van der Waals surface area contributed by atoms with Gasteiger partial charge in [-0.3, -0.25) is 0 Å². The molecule has 0 saturated carbocycles. The van der Waals surface area contributed by atoms with Crippen LogP contribution in [0.2, 0.25) is 0 Å². The number of hydrogen-bond donors (Lipinski definition) is 0. The van der Waals surface area contributed by atoms with Crippen molar-refractivity contribution in [3.05, 3.63) is 218 Å². The first-order valence-electron chi connectivity index (χ1n) is 21.8. The first-order valence-corrected chi connectivity index (χ1v) is 21.8. The van der Waals surface area contributed by atoms with Crippen LogP contribution in [0.25, 0.3) is 142 Å². The van der Waals surface area contributed by atoms with E-state index in [1.807, 2.05) is 0 Å². The van der Waals surface area contributed by atoms with Crippen molar-refractivity contribution in [1.29, 1.82) is 0 Å². The average Bonchev–Trinajstić information content (AvgIpc) is 3.74. The van der Waals surface area contributed by atoms with E-state index in [2.05, 4.69) is 218 Å². The first-order chi connectivity index (χ1) is 31.2. The minimum atomic E-state index is 0.914. The highest BCUT2D eigenvalue weighted by Crippen LogP contribution is 2.48. The second-order valence-corrected chi connectivity index (χ2v) is 17.1. The van der Waals surface area contributed by atoms with Crippen LogP contribution in [0.4, 0.5) is 0 Å². The Kier molecular flexibility index (Phi) is 7.17. The highest BCUT2D eigenvalue weighted by atomic mass is 16.3. The molecule has 0 bridgehead atoms. The van der Waals surface area contributed by atoms with Crippen molar-refractivity contribution < 1.29 is 4.42 Å². The lowest BCUT2D eigenvalue weighted by Gasteiger charge is -2.17. The fraction of sp³-hybridized carbons (Fsp3) is 0. The summed E-state index contributed by atoms with van der Waals surface area (Å²) < 4.78 is 7.13. The molecule has 14 rings (SSSR count). The van der Waals surface area contributed by atoms with Gasteiger partial charge in [0.05, 0.1) is 0 Å². The molecule has 0 aliphatic heterocycles. The van der Waals surface area contributed by atoms with E-state index in [9.17, 15) is 0 Å². The number of furan rings is 1. The standard InChI is InChI=1S/C62H36O/c1-2-10-38(11-3-1)47-28-24-42-27-32-52-48(29-25-43-26-31-51(47)58(42)59(43)52)41-20-18-37(19-21-41)45-35-56-54-33-23-40-13-5-9-17-50(40)61(54)63-62(56)57(36-45)60-49-16-8-6-14-44(49)34-55-46-15-7-4-12-39(46)22-30-53(55)60/h1-36H. The highest BCUT2D eigenvalue weighted by molar-refractivity contribution is 6.28. The second kappa shape index (κ2) is 13.1. The number of fused-ring (bicyclic) bond motifs is 9. The van der Waals surface area contributed by atoms with E-state index in [1.165, 1.54) is 97.8 Å². The third-order valence-electron chi connectivity index (χ3n) is 13.8. The van der Waals surface area contributed by atoms with E-state index in [0.717, 1.165) is 44.0 Å². The largest absolute Gasteiger partial charge is 0.455 e. The number of hydrogen-bond acceptors (Lipinski definition) is 1. The quantitative estimate of drug-likeness (QED) is 0.128. The predicted octanol–water partition coefficient (Wildman–Crippen LogP) is 17.8. The minimum absolute atomic E-state index is 0.914. The summed E-state index contributed by atoms with van der Waals surface area (Å²) in [6, 6.07) is 80.6. The molecule has 0 amide bonds. The van der Waals surface area contributed by atoms with Gasteiger partial charge in [-0.15, -0.1) is 0 Å². The third kappa shape index (κ3) is 5.05. The van der Waals surface area contributed by atoms with Crippen LogP contribution in [0.5, 0.6) is 0 Å². The van der Waals surface area contributed by atoms with Crippen molar-refractivity contribution in [2.45, 2.75) is 0 Å². The van der Waals surface area contributed by atoms with Crippen LogP contribution in [-0.4, -0.2) is 0 Å². The Morgan fingerprint density at radius 1 is 0.222 bits per heavy atom. The van der Waals surface area contributed by atoms with E-state index in [4.69, 9.17) is 4.42 Å². The molecule has 1 nitrogen and oxygen atoms in total. The summed E-state index contributed by atoms with van der Waals surface area (Å²) in [6.45, 7) is 0. The number of rotatable bonds is 4. The summed E-state index contributed by atoms with van der Waals surface area (Å²) in [5, 5.41) is 19.7. The van der Waals surface area contributed by atoms with Crippen molar-refractivity contribution >= 4 is 97.3 Å². The number of benzene rings is 13. The van der Waals surface area contributed by atoms with Gasteiger partial charge in [0.2, 0.25) is 0 Å². The Bertz CT molecular complexity index is 4170. The predicted molar refractivity (Wildman–Crippen MR) is 269 cm³/mol. The van der Waals surface area contributed by atoms with Gasteiger partial charge in [-0.05, 0) is 128 Å². The van der Waals surface area contributed by atoms with Gasteiger partial charge in [0, 0.05) is 27.3 Å². The zero-order chi connectivity index (χ0) is 41.2. The fourth-order valence-corrected chi connectivity index (χ4v) is 10.8. The molecule has 0 aliphatic rings. The highest BCUT2D eigenvalue weighted by Gasteiger charge is 2.21. The van der Waals surface area contributed by atoms with Crippen LogP contribution in [-0.2, 0) is 0 Å². The average molecular weight is 797 g/mol. The molecule has 14 aromatic rings. The molecule has 0 spiro atoms. The maximum absolute atomic E-state index is 7.13. The van der Waals surface area contributed by atoms with Crippen molar-refractivity contribution in [1.82, 2.24) is 0 Å². The first kappa shape index (κ1) is 34.5. The zero-order valence-electron chi connectivity index (χ0n) is 34.2. The molecule has 63 heavy (non-hydrogen) atoms. The van der Waals surface area contributed by atoms with E-state index >= 15 is 0 Å².